The van der Waals surface area contributed by atoms with Crippen molar-refractivity contribution < 1.29 is 18.7 Å². The van der Waals surface area contributed by atoms with E-state index in [-0.39, 0.29) is 16.8 Å². The van der Waals surface area contributed by atoms with E-state index >= 15 is 4.39 Å². The van der Waals surface area contributed by atoms with Gasteiger partial charge in [0, 0.05) is 46.3 Å². The number of aryl methyl sites for hydroxylation is 1. The van der Waals surface area contributed by atoms with Crippen LogP contribution in [0, 0.1) is 5.82 Å². The van der Waals surface area contributed by atoms with Crippen molar-refractivity contribution in [1.82, 2.24) is 24.2 Å². The van der Waals surface area contributed by atoms with E-state index in [2.05, 4.69) is 15.2 Å². The number of anilines is 1. The first kappa shape index (κ1) is 23.8. The van der Waals surface area contributed by atoms with Crippen LogP contribution in [0.5, 0.6) is 0 Å². The molecule has 2 saturated heterocycles. The first-order valence-electron chi connectivity index (χ1n) is 12.6. The molecule has 0 spiro atoms. The smallest absolute Gasteiger partial charge is 0.259 e. The fourth-order valence-corrected chi connectivity index (χ4v) is 5.29. The number of carbonyl (C=O) groups excluding carboxylic acids is 1. The fraction of sp³-hybridized carbons (Fsp3) is 0.423. The Hall–Kier alpha value is -3.54. The first-order valence-corrected chi connectivity index (χ1v) is 12.6. The number of benzene rings is 1. The Labute approximate surface area is 212 Å². The number of aromatic nitrogens is 3. The summed E-state index contributed by atoms with van der Waals surface area (Å²) in [6.07, 6.45) is 0. The predicted molar refractivity (Wildman–Crippen MR) is 138 cm³/mol. The molecule has 0 saturated carbocycles. The van der Waals surface area contributed by atoms with Gasteiger partial charge in [-0.3, -0.25) is 18.9 Å². The van der Waals surface area contributed by atoms with Gasteiger partial charge >= 0.3 is 0 Å². The van der Waals surface area contributed by atoms with Crippen LogP contribution in [0.1, 0.15) is 10.4 Å². The van der Waals surface area contributed by atoms with Gasteiger partial charge in [-0.05, 0) is 18.2 Å². The number of nitrogens with zero attached hydrogens (tertiary/aromatic N) is 5. The highest BCUT2D eigenvalue weighted by atomic mass is 19.1. The highest BCUT2D eigenvalue weighted by molar-refractivity contribution is 6.05. The van der Waals surface area contributed by atoms with Crippen LogP contribution in [0.3, 0.4) is 0 Å². The Morgan fingerprint density at radius 3 is 2.46 bits per heavy atom. The van der Waals surface area contributed by atoms with Crippen molar-refractivity contribution in [2.45, 2.75) is 0 Å². The Balaban J connectivity index is 1.50. The van der Waals surface area contributed by atoms with E-state index in [9.17, 15) is 9.59 Å². The normalized spacial score (nSPS) is 17.2. The third kappa shape index (κ3) is 4.12. The summed E-state index contributed by atoms with van der Waals surface area (Å²) >= 11 is 0. The second-order valence-electron chi connectivity index (χ2n) is 9.39. The lowest BCUT2D eigenvalue weighted by Gasteiger charge is -2.28. The molecule has 0 unspecified atom stereocenters. The number of rotatable bonds is 5. The molecule has 4 aromatic rings. The Morgan fingerprint density at radius 2 is 1.73 bits per heavy atom. The van der Waals surface area contributed by atoms with E-state index in [1.54, 1.807) is 4.40 Å². The molecule has 5 heterocycles. The van der Waals surface area contributed by atoms with E-state index < -0.39 is 17.2 Å². The summed E-state index contributed by atoms with van der Waals surface area (Å²) in [5, 5.41) is 2.98. The number of amides is 1. The van der Waals surface area contributed by atoms with Crippen molar-refractivity contribution in [3.63, 3.8) is 0 Å². The maximum atomic E-state index is 15.3. The van der Waals surface area contributed by atoms with Gasteiger partial charge in [-0.2, -0.15) is 0 Å². The van der Waals surface area contributed by atoms with Crippen molar-refractivity contribution in [3.8, 4) is 0 Å². The molecule has 0 aliphatic carbocycles. The average Bonchev–Trinajstić information content (AvgIpc) is 3.22. The zero-order valence-electron chi connectivity index (χ0n) is 20.7. The van der Waals surface area contributed by atoms with Gasteiger partial charge in [0.1, 0.15) is 11.2 Å². The van der Waals surface area contributed by atoms with E-state index in [1.165, 1.54) is 6.07 Å². The second-order valence-corrected chi connectivity index (χ2v) is 9.39. The lowest BCUT2D eigenvalue weighted by molar-refractivity contribution is 0.0383. The Morgan fingerprint density at radius 1 is 1.05 bits per heavy atom. The van der Waals surface area contributed by atoms with Crippen LogP contribution in [-0.4, -0.2) is 90.5 Å². The molecule has 1 aromatic carbocycles. The van der Waals surface area contributed by atoms with Gasteiger partial charge < -0.3 is 24.3 Å². The molecule has 11 heteroatoms. The zero-order valence-corrected chi connectivity index (χ0v) is 20.7. The maximum Gasteiger partial charge on any atom is 0.259 e. The summed E-state index contributed by atoms with van der Waals surface area (Å²) in [6, 6.07) is 8.84. The van der Waals surface area contributed by atoms with Gasteiger partial charge in [-0.1, -0.05) is 12.1 Å². The van der Waals surface area contributed by atoms with Crippen LogP contribution < -0.4 is 15.6 Å². The van der Waals surface area contributed by atoms with Crippen LogP contribution in [0.2, 0.25) is 0 Å². The molecule has 0 radical (unpaired) electrons. The van der Waals surface area contributed by atoms with E-state index in [0.29, 0.717) is 63.9 Å². The van der Waals surface area contributed by atoms with Gasteiger partial charge in [-0.25, -0.2) is 9.37 Å². The highest BCUT2D eigenvalue weighted by Gasteiger charge is 2.26. The standard InChI is InChI=1S/C26H29FN6O4/c1-30-19-4-2-3-5-20(19)33-23-17(16-18(27)24(29-23)32-10-14-37-15-11-32)22(34)21(26(30)33)25(35)28-6-7-31-8-12-36-13-9-31/h2-5,16H,6-15H2,1H3,(H,28,35). The topological polar surface area (TPSA) is 93.3 Å². The van der Waals surface area contributed by atoms with E-state index in [1.807, 2.05) is 40.8 Å². The van der Waals surface area contributed by atoms with Gasteiger partial charge in [0.05, 0.1) is 42.8 Å². The fourth-order valence-electron chi connectivity index (χ4n) is 5.29. The highest BCUT2D eigenvalue weighted by Crippen LogP contribution is 2.28. The van der Waals surface area contributed by atoms with Crippen molar-refractivity contribution >= 4 is 39.4 Å². The first-order chi connectivity index (χ1) is 18.0. The summed E-state index contributed by atoms with van der Waals surface area (Å²) in [4.78, 5) is 35.9. The summed E-state index contributed by atoms with van der Waals surface area (Å²) in [7, 11) is 1.82. The molecule has 6 rings (SSSR count). The van der Waals surface area contributed by atoms with Gasteiger partial charge in [-0.15, -0.1) is 0 Å². The molecule has 10 nitrogen and oxygen atoms in total. The van der Waals surface area contributed by atoms with Crippen molar-refractivity contribution in [2.24, 2.45) is 7.05 Å². The SMILES string of the molecule is Cn1c2ccccc2n2c3nc(N4CCOCC4)c(F)cc3c(=O)c(C(=O)NCCN3CCOCC3)c12. The number of carbonyl (C=O) groups is 1. The van der Waals surface area contributed by atoms with Crippen LogP contribution >= 0.6 is 0 Å². The number of nitrogens with one attached hydrogen (secondary N) is 1. The molecule has 0 atom stereocenters. The molecular formula is C26H29FN6O4. The lowest BCUT2D eigenvalue weighted by atomic mass is 10.1. The van der Waals surface area contributed by atoms with Crippen molar-refractivity contribution in [2.75, 3.05) is 70.6 Å². The minimum absolute atomic E-state index is 0.0199. The van der Waals surface area contributed by atoms with E-state index in [0.717, 1.165) is 24.1 Å². The molecule has 1 N–H and O–H groups in total. The number of ether oxygens (including phenoxy) is 2. The molecule has 2 fully saturated rings. The Kier molecular flexibility index (Phi) is 6.27. The van der Waals surface area contributed by atoms with E-state index in [4.69, 9.17) is 9.47 Å². The molecule has 194 valence electrons. The zero-order chi connectivity index (χ0) is 25.5. The predicted octanol–water partition coefficient (Wildman–Crippen LogP) is 1.38. The largest absolute Gasteiger partial charge is 0.379 e. The number of pyridine rings is 2. The summed E-state index contributed by atoms with van der Waals surface area (Å²) in [6.45, 7) is 5.95. The van der Waals surface area contributed by atoms with Crippen molar-refractivity contribution in [3.05, 3.63) is 51.9 Å². The van der Waals surface area contributed by atoms with Crippen LogP contribution in [0.4, 0.5) is 10.2 Å². The summed E-state index contributed by atoms with van der Waals surface area (Å²) < 4.78 is 29.7. The molecule has 37 heavy (non-hydrogen) atoms. The second kappa shape index (κ2) is 9.73. The van der Waals surface area contributed by atoms with Crippen molar-refractivity contribution in [1.29, 1.82) is 0 Å². The molecule has 3 aromatic heterocycles. The lowest BCUT2D eigenvalue weighted by Crippen LogP contribution is -2.42. The maximum absolute atomic E-state index is 15.3. The van der Waals surface area contributed by atoms with Gasteiger partial charge in [0.15, 0.2) is 17.3 Å². The molecule has 2 aliphatic rings. The summed E-state index contributed by atoms with van der Waals surface area (Å²) in [5.41, 5.74) is 1.80. The number of imidazole rings is 1. The Bertz CT molecular complexity index is 1550. The van der Waals surface area contributed by atoms with Gasteiger partial charge in [0.25, 0.3) is 5.91 Å². The number of hydrogen-bond donors (Lipinski definition) is 1. The third-order valence-corrected chi connectivity index (χ3v) is 7.21. The van der Waals surface area contributed by atoms with Gasteiger partial charge in [0.2, 0.25) is 5.43 Å². The third-order valence-electron chi connectivity index (χ3n) is 7.21. The molecule has 2 aliphatic heterocycles. The monoisotopic (exact) mass is 508 g/mol. The number of morpholine rings is 2. The number of para-hydroxylation sites is 2. The minimum atomic E-state index is -0.592. The molecule has 0 bridgehead atoms. The minimum Gasteiger partial charge on any atom is -0.379 e. The summed E-state index contributed by atoms with van der Waals surface area (Å²) in [5.74, 6) is -0.897. The average molecular weight is 509 g/mol. The molecule has 1 amide bonds. The molecular weight excluding hydrogens is 479 g/mol. The number of halogens is 1. The van der Waals surface area contributed by atoms with Crippen LogP contribution in [0.25, 0.3) is 27.7 Å². The van der Waals surface area contributed by atoms with Crippen LogP contribution in [-0.2, 0) is 16.5 Å². The quantitative estimate of drug-likeness (QED) is 0.435. The van der Waals surface area contributed by atoms with Crippen LogP contribution in [0.15, 0.2) is 35.1 Å². The number of fused-ring (bicyclic) bond motifs is 5. The number of hydrogen-bond acceptors (Lipinski definition) is 7.